The maximum absolute atomic E-state index is 13.8. The van der Waals surface area contributed by atoms with Gasteiger partial charge in [-0.05, 0) is 37.5 Å². The molecule has 1 fully saturated rings. The molecule has 0 N–H and O–H groups in total. The van der Waals surface area contributed by atoms with Gasteiger partial charge in [0.15, 0.2) is 5.65 Å². The van der Waals surface area contributed by atoms with Gasteiger partial charge in [-0.3, -0.25) is 0 Å². The summed E-state index contributed by atoms with van der Waals surface area (Å²) in [4.78, 5) is 18.3. The van der Waals surface area contributed by atoms with Crippen LogP contribution in [0, 0.1) is 5.82 Å². The Kier molecular flexibility index (Phi) is 4.29. The van der Waals surface area contributed by atoms with E-state index in [1.165, 1.54) is 23.4 Å². The lowest BCUT2D eigenvalue weighted by Crippen LogP contribution is -2.48. The third-order valence-corrected chi connectivity index (χ3v) is 6.13. The van der Waals surface area contributed by atoms with E-state index in [-0.39, 0.29) is 5.82 Å². The molecule has 0 radical (unpaired) electrons. The first-order chi connectivity index (χ1) is 15.3. The van der Waals surface area contributed by atoms with Crippen LogP contribution in [0.2, 0.25) is 0 Å². The van der Waals surface area contributed by atoms with Gasteiger partial charge in [-0.2, -0.15) is 9.61 Å². The summed E-state index contributed by atoms with van der Waals surface area (Å²) >= 11 is 0. The third-order valence-electron chi connectivity index (χ3n) is 6.13. The zero-order valence-corrected chi connectivity index (χ0v) is 17.1. The predicted molar refractivity (Wildman–Crippen MR) is 117 cm³/mol. The number of hydrogen-bond acceptors (Lipinski definition) is 6. The predicted octanol–water partition coefficient (Wildman–Crippen LogP) is 3.14. The number of halogens is 1. The molecule has 2 aliphatic rings. The molecule has 6 rings (SSSR count). The summed E-state index contributed by atoms with van der Waals surface area (Å²) in [5.74, 6) is 1.65. The van der Waals surface area contributed by atoms with Crippen LogP contribution in [0.25, 0.3) is 16.9 Å². The van der Waals surface area contributed by atoms with Crippen LogP contribution in [-0.4, -0.2) is 50.7 Å². The summed E-state index contributed by atoms with van der Waals surface area (Å²) in [5, 5.41) is 4.86. The van der Waals surface area contributed by atoms with Gasteiger partial charge in [-0.25, -0.2) is 19.3 Å². The smallest absolute Gasteiger partial charge is 0.225 e. The molecule has 0 unspecified atom stereocenters. The molecule has 0 spiro atoms. The van der Waals surface area contributed by atoms with E-state index in [0.29, 0.717) is 0 Å². The molecule has 0 amide bonds. The lowest BCUT2D eigenvalue weighted by Gasteiger charge is -2.36. The fourth-order valence-corrected chi connectivity index (χ4v) is 4.65. The van der Waals surface area contributed by atoms with Gasteiger partial charge in [0.2, 0.25) is 5.95 Å². The van der Waals surface area contributed by atoms with Gasteiger partial charge in [-0.1, -0.05) is 12.1 Å². The first kappa shape index (κ1) is 18.2. The van der Waals surface area contributed by atoms with Gasteiger partial charge < -0.3 is 9.80 Å². The van der Waals surface area contributed by atoms with Crippen molar-refractivity contribution in [3.63, 3.8) is 0 Å². The van der Waals surface area contributed by atoms with Crippen molar-refractivity contribution in [3.05, 3.63) is 65.9 Å². The molecule has 8 heteroatoms. The molecule has 0 bridgehead atoms. The maximum Gasteiger partial charge on any atom is 0.225 e. The Morgan fingerprint density at radius 2 is 1.68 bits per heavy atom. The first-order valence-electron chi connectivity index (χ1n) is 10.7. The minimum atomic E-state index is -0.260. The second-order valence-corrected chi connectivity index (χ2v) is 8.05. The lowest BCUT2D eigenvalue weighted by molar-refractivity contribution is 0.624. The van der Waals surface area contributed by atoms with Crippen LogP contribution in [0.3, 0.4) is 0 Å². The zero-order valence-electron chi connectivity index (χ0n) is 17.1. The fourth-order valence-electron chi connectivity index (χ4n) is 4.65. The minimum Gasteiger partial charge on any atom is -0.353 e. The van der Waals surface area contributed by atoms with Crippen LogP contribution in [0.1, 0.15) is 17.7 Å². The van der Waals surface area contributed by atoms with Gasteiger partial charge in [0.25, 0.3) is 0 Å². The normalized spacial score (nSPS) is 16.2. The number of piperazine rings is 1. The number of aromatic nitrogens is 5. The Bertz CT molecular complexity index is 1250. The largest absolute Gasteiger partial charge is 0.353 e. The van der Waals surface area contributed by atoms with E-state index in [4.69, 9.17) is 10.1 Å². The Morgan fingerprint density at radius 1 is 0.871 bits per heavy atom. The number of hydrogen-bond donors (Lipinski definition) is 0. The molecular formula is C23H22FN7. The third kappa shape index (κ3) is 3.19. The van der Waals surface area contributed by atoms with Crippen molar-refractivity contribution < 1.29 is 4.39 Å². The van der Waals surface area contributed by atoms with E-state index in [2.05, 4.69) is 19.8 Å². The number of nitrogens with zero attached hydrogens (tertiary/aromatic N) is 7. The highest BCUT2D eigenvalue weighted by Gasteiger charge is 2.28. The topological polar surface area (TPSA) is 62.5 Å². The highest BCUT2D eigenvalue weighted by Crippen LogP contribution is 2.33. The van der Waals surface area contributed by atoms with Crippen LogP contribution in [0.4, 0.5) is 16.2 Å². The number of aryl methyl sites for hydroxylation is 1. The summed E-state index contributed by atoms with van der Waals surface area (Å²) < 4.78 is 15.7. The van der Waals surface area contributed by atoms with E-state index in [0.717, 1.165) is 74.1 Å². The quantitative estimate of drug-likeness (QED) is 0.512. The van der Waals surface area contributed by atoms with E-state index in [1.807, 2.05) is 22.7 Å². The van der Waals surface area contributed by atoms with Crippen molar-refractivity contribution in [3.8, 4) is 11.3 Å². The highest BCUT2D eigenvalue weighted by molar-refractivity contribution is 5.68. The molecule has 3 aromatic heterocycles. The molecule has 31 heavy (non-hydrogen) atoms. The Balaban J connectivity index is 1.38. The molecule has 1 aromatic carbocycles. The summed E-state index contributed by atoms with van der Waals surface area (Å²) in [6.45, 7) is 3.42. The van der Waals surface area contributed by atoms with Crippen LogP contribution in [0.15, 0.2) is 48.8 Å². The van der Waals surface area contributed by atoms with Crippen LogP contribution >= 0.6 is 0 Å². The summed E-state index contributed by atoms with van der Waals surface area (Å²) in [6.07, 6.45) is 6.70. The highest BCUT2D eigenvalue weighted by atomic mass is 19.1. The average Bonchev–Trinajstić information content (AvgIpc) is 3.45. The summed E-state index contributed by atoms with van der Waals surface area (Å²) in [5.41, 5.74) is 4.80. The number of benzene rings is 1. The fraction of sp³-hybridized carbons (Fsp3) is 0.304. The molecule has 1 saturated heterocycles. The van der Waals surface area contributed by atoms with Crippen molar-refractivity contribution in [2.24, 2.45) is 0 Å². The van der Waals surface area contributed by atoms with E-state index in [9.17, 15) is 4.39 Å². The number of rotatable bonds is 3. The second kappa shape index (κ2) is 7.30. The Labute approximate surface area is 179 Å². The molecule has 1 aliphatic heterocycles. The van der Waals surface area contributed by atoms with E-state index >= 15 is 0 Å². The molecule has 4 aromatic rings. The van der Waals surface area contributed by atoms with Crippen LogP contribution in [-0.2, 0) is 12.8 Å². The maximum atomic E-state index is 13.8. The van der Waals surface area contributed by atoms with E-state index < -0.39 is 0 Å². The van der Waals surface area contributed by atoms with Gasteiger partial charge in [0, 0.05) is 61.5 Å². The lowest BCUT2D eigenvalue weighted by atomic mass is 10.1. The SMILES string of the molecule is Fc1cccc(-c2cc3nc4c(c(N5CCN(c6ncccn6)CC5)n3n2)CCC4)c1. The van der Waals surface area contributed by atoms with Crippen LogP contribution in [0.5, 0.6) is 0 Å². The average molecular weight is 415 g/mol. The zero-order chi connectivity index (χ0) is 20.8. The van der Waals surface area contributed by atoms with Crippen molar-refractivity contribution in [1.82, 2.24) is 24.6 Å². The van der Waals surface area contributed by atoms with Gasteiger partial charge in [-0.15, -0.1) is 0 Å². The second-order valence-electron chi connectivity index (χ2n) is 8.05. The molecule has 1 aliphatic carbocycles. The molecule has 0 atom stereocenters. The monoisotopic (exact) mass is 415 g/mol. The van der Waals surface area contributed by atoms with Gasteiger partial charge >= 0.3 is 0 Å². The van der Waals surface area contributed by atoms with E-state index in [1.54, 1.807) is 18.5 Å². The Hall–Kier alpha value is -3.55. The van der Waals surface area contributed by atoms with Crippen LogP contribution < -0.4 is 9.80 Å². The molecule has 7 nitrogen and oxygen atoms in total. The minimum absolute atomic E-state index is 0.260. The van der Waals surface area contributed by atoms with Crippen molar-refractivity contribution in [2.75, 3.05) is 36.0 Å². The molecule has 156 valence electrons. The van der Waals surface area contributed by atoms with Gasteiger partial charge in [0.1, 0.15) is 11.6 Å². The number of anilines is 2. The van der Waals surface area contributed by atoms with Crippen molar-refractivity contribution >= 4 is 17.4 Å². The molecule has 0 saturated carbocycles. The summed E-state index contributed by atoms with van der Waals surface area (Å²) in [7, 11) is 0. The standard InChI is InChI=1S/C23H22FN7/c24-17-5-1-4-16(14-17)20-15-21-27-19-7-2-6-18(19)22(31(21)28-20)29-10-12-30(13-11-29)23-25-8-3-9-26-23/h1,3-5,8-9,14-15H,2,6-7,10-13H2. The van der Waals surface area contributed by atoms with Gasteiger partial charge in [0.05, 0.1) is 5.69 Å². The first-order valence-corrected chi connectivity index (χ1v) is 10.7. The summed E-state index contributed by atoms with van der Waals surface area (Å²) in [6, 6.07) is 10.4. The molecule has 4 heterocycles. The molecular weight excluding hydrogens is 393 g/mol. The number of fused-ring (bicyclic) bond motifs is 2. The Morgan fingerprint density at radius 3 is 2.48 bits per heavy atom. The van der Waals surface area contributed by atoms with Crippen molar-refractivity contribution in [1.29, 1.82) is 0 Å². The van der Waals surface area contributed by atoms with Crippen molar-refractivity contribution in [2.45, 2.75) is 19.3 Å².